The van der Waals surface area contributed by atoms with Crippen LogP contribution in [0.15, 0.2) is 77.9 Å². The molecule has 4 rings (SSSR count). The molecule has 1 heterocycles. The van der Waals surface area contributed by atoms with E-state index in [4.69, 9.17) is 27.9 Å². The Hall–Kier alpha value is -3.61. The molecule has 8 heteroatoms. The van der Waals surface area contributed by atoms with E-state index in [0.29, 0.717) is 33.8 Å². The number of hydrogen-bond acceptors (Lipinski definition) is 4. The molecule has 0 saturated carbocycles. The van der Waals surface area contributed by atoms with E-state index >= 15 is 0 Å². The van der Waals surface area contributed by atoms with Crippen LogP contribution in [-0.4, -0.2) is 21.8 Å². The SMILES string of the molecule is CC(=NNC(=O)c1cc(-c2ccc(OCc3ccc(C)cc3)cc2)n[nH]1)c1ccc(Cl)c(Cl)c1. The van der Waals surface area contributed by atoms with Gasteiger partial charge in [0.2, 0.25) is 0 Å². The lowest BCUT2D eigenvalue weighted by atomic mass is 10.1. The average Bonchev–Trinajstić information content (AvgIpc) is 3.34. The summed E-state index contributed by atoms with van der Waals surface area (Å²) in [6, 6.07) is 22.6. The average molecular weight is 493 g/mol. The van der Waals surface area contributed by atoms with Gasteiger partial charge in [0.15, 0.2) is 0 Å². The van der Waals surface area contributed by atoms with Gasteiger partial charge in [-0.2, -0.15) is 10.2 Å². The van der Waals surface area contributed by atoms with Crippen molar-refractivity contribution in [2.75, 3.05) is 0 Å². The van der Waals surface area contributed by atoms with Crippen LogP contribution in [0.2, 0.25) is 10.0 Å². The highest BCUT2D eigenvalue weighted by Gasteiger charge is 2.11. The van der Waals surface area contributed by atoms with Gasteiger partial charge in [0.1, 0.15) is 18.1 Å². The molecule has 1 amide bonds. The van der Waals surface area contributed by atoms with Crippen LogP contribution in [0.5, 0.6) is 5.75 Å². The van der Waals surface area contributed by atoms with Gasteiger partial charge in [-0.1, -0.05) is 59.1 Å². The predicted octanol–water partition coefficient (Wildman–Crippen LogP) is 6.42. The van der Waals surface area contributed by atoms with Crippen molar-refractivity contribution < 1.29 is 9.53 Å². The Kier molecular flexibility index (Phi) is 7.30. The summed E-state index contributed by atoms with van der Waals surface area (Å²) < 4.78 is 5.85. The number of aromatic nitrogens is 2. The predicted molar refractivity (Wildman–Crippen MR) is 136 cm³/mol. The zero-order valence-electron chi connectivity index (χ0n) is 18.6. The number of amides is 1. The molecule has 0 aliphatic carbocycles. The first-order valence-corrected chi connectivity index (χ1v) is 11.3. The van der Waals surface area contributed by atoms with Gasteiger partial charge in [0.05, 0.1) is 21.5 Å². The fourth-order valence-electron chi connectivity index (χ4n) is 3.14. The lowest BCUT2D eigenvalue weighted by Gasteiger charge is -2.07. The highest BCUT2D eigenvalue weighted by molar-refractivity contribution is 6.42. The van der Waals surface area contributed by atoms with Crippen LogP contribution in [0.3, 0.4) is 0 Å². The van der Waals surface area contributed by atoms with Crippen LogP contribution in [0.25, 0.3) is 11.3 Å². The number of hydrogen-bond donors (Lipinski definition) is 2. The minimum Gasteiger partial charge on any atom is -0.489 e. The topological polar surface area (TPSA) is 79.4 Å². The van der Waals surface area contributed by atoms with E-state index in [2.05, 4.69) is 51.9 Å². The summed E-state index contributed by atoms with van der Waals surface area (Å²) in [5, 5.41) is 12.0. The number of benzene rings is 3. The maximum atomic E-state index is 12.5. The van der Waals surface area contributed by atoms with Crippen molar-refractivity contribution in [2.24, 2.45) is 5.10 Å². The van der Waals surface area contributed by atoms with Crippen molar-refractivity contribution in [3.05, 3.63) is 105 Å². The summed E-state index contributed by atoms with van der Waals surface area (Å²) in [5.41, 5.74) is 7.98. The first-order valence-electron chi connectivity index (χ1n) is 10.5. The summed E-state index contributed by atoms with van der Waals surface area (Å²) in [6.07, 6.45) is 0. The zero-order chi connectivity index (χ0) is 24.1. The van der Waals surface area contributed by atoms with E-state index in [9.17, 15) is 4.79 Å². The van der Waals surface area contributed by atoms with Crippen molar-refractivity contribution >= 4 is 34.8 Å². The second-order valence-corrected chi connectivity index (χ2v) is 8.55. The Labute approximate surface area is 207 Å². The number of carbonyl (C=O) groups excluding carboxylic acids is 1. The quantitative estimate of drug-likeness (QED) is 0.230. The molecule has 172 valence electrons. The number of nitrogens with one attached hydrogen (secondary N) is 2. The second-order valence-electron chi connectivity index (χ2n) is 7.73. The van der Waals surface area contributed by atoms with Crippen LogP contribution in [0.1, 0.15) is 34.1 Å². The Balaban J connectivity index is 1.36. The first kappa shape index (κ1) is 23.5. The molecule has 1 aromatic heterocycles. The van der Waals surface area contributed by atoms with Gasteiger partial charge < -0.3 is 4.74 Å². The third-order valence-corrected chi connectivity index (χ3v) is 5.90. The lowest BCUT2D eigenvalue weighted by molar-refractivity contribution is 0.0950. The number of H-pyrrole nitrogens is 1. The number of carbonyl (C=O) groups is 1. The smallest absolute Gasteiger partial charge is 0.289 e. The molecular formula is C26H22Cl2N4O2. The number of aromatic amines is 1. The number of rotatable bonds is 7. The van der Waals surface area contributed by atoms with Crippen LogP contribution in [-0.2, 0) is 6.61 Å². The molecule has 0 aliphatic rings. The van der Waals surface area contributed by atoms with Crippen molar-refractivity contribution in [2.45, 2.75) is 20.5 Å². The Morgan fingerprint density at radius 3 is 2.44 bits per heavy atom. The van der Waals surface area contributed by atoms with Crippen molar-refractivity contribution in [3.63, 3.8) is 0 Å². The number of nitrogens with zero attached hydrogens (tertiary/aromatic N) is 2. The van der Waals surface area contributed by atoms with Crippen molar-refractivity contribution in [3.8, 4) is 17.0 Å². The fraction of sp³-hybridized carbons (Fsp3) is 0.115. The molecule has 0 unspecified atom stereocenters. The molecule has 4 aromatic rings. The highest BCUT2D eigenvalue weighted by atomic mass is 35.5. The maximum absolute atomic E-state index is 12.5. The van der Waals surface area contributed by atoms with E-state index in [1.807, 2.05) is 24.3 Å². The minimum atomic E-state index is -0.406. The van der Waals surface area contributed by atoms with Gasteiger partial charge in [0, 0.05) is 5.56 Å². The summed E-state index contributed by atoms with van der Waals surface area (Å²) >= 11 is 12.0. The third kappa shape index (κ3) is 5.84. The fourth-order valence-corrected chi connectivity index (χ4v) is 3.44. The van der Waals surface area contributed by atoms with Gasteiger partial charge in [-0.15, -0.1) is 0 Å². The number of hydrazone groups is 1. The van der Waals surface area contributed by atoms with Gasteiger partial charge in [-0.3, -0.25) is 9.89 Å². The molecule has 6 nitrogen and oxygen atoms in total. The summed E-state index contributed by atoms with van der Waals surface area (Å²) in [7, 11) is 0. The maximum Gasteiger partial charge on any atom is 0.289 e. The molecule has 0 spiro atoms. The first-order chi connectivity index (χ1) is 16.4. The van der Waals surface area contributed by atoms with Gasteiger partial charge in [-0.25, -0.2) is 5.43 Å². The highest BCUT2D eigenvalue weighted by Crippen LogP contribution is 2.23. The minimum absolute atomic E-state index is 0.292. The third-order valence-electron chi connectivity index (χ3n) is 5.16. The normalized spacial score (nSPS) is 11.4. The molecule has 0 radical (unpaired) electrons. The van der Waals surface area contributed by atoms with Crippen LogP contribution in [0, 0.1) is 6.92 Å². The molecule has 3 aromatic carbocycles. The van der Waals surface area contributed by atoms with Crippen molar-refractivity contribution in [1.82, 2.24) is 15.6 Å². The zero-order valence-corrected chi connectivity index (χ0v) is 20.1. The Morgan fingerprint density at radius 2 is 1.74 bits per heavy atom. The van der Waals surface area contributed by atoms with E-state index in [-0.39, 0.29) is 0 Å². The molecule has 34 heavy (non-hydrogen) atoms. The summed E-state index contributed by atoms with van der Waals surface area (Å²) in [5.74, 6) is 0.348. The van der Waals surface area contributed by atoms with E-state index in [1.54, 1.807) is 31.2 Å². The molecular weight excluding hydrogens is 471 g/mol. The summed E-state index contributed by atoms with van der Waals surface area (Å²) in [6.45, 7) is 4.31. The molecule has 2 N–H and O–H groups in total. The monoisotopic (exact) mass is 492 g/mol. The molecule has 0 fully saturated rings. The van der Waals surface area contributed by atoms with Crippen LogP contribution >= 0.6 is 23.2 Å². The largest absolute Gasteiger partial charge is 0.489 e. The van der Waals surface area contributed by atoms with Crippen LogP contribution in [0.4, 0.5) is 0 Å². The number of ether oxygens (including phenoxy) is 1. The van der Waals surface area contributed by atoms with Crippen LogP contribution < -0.4 is 10.2 Å². The number of halogens is 2. The van der Waals surface area contributed by atoms with E-state index in [1.165, 1.54) is 5.56 Å². The van der Waals surface area contributed by atoms with Gasteiger partial charge in [0.25, 0.3) is 5.91 Å². The number of aryl methyl sites for hydroxylation is 1. The van der Waals surface area contributed by atoms with Gasteiger partial charge in [-0.05, 0) is 67.4 Å². The molecule has 0 atom stereocenters. The Bertz CT molecular complexity index is 1330. The summed E-state index contributed by atoms with van der Waals surface area (Å²) in [4.78, 5) is 12.5. The lowest BCUT2D eigenvalue weighted by Crippen LogP contribution is -2.19. The molecule has 0 saturated heterocycles. The molecule has 0 aliphatic heterocycles. The second kappa shape index (κ2) is 10.5. The van der Waals surface area contributed by atoms with Crippen molar-refractivity contribution in [1.29, 1.82) is 0 Å². The Morgan fingerprint density at radius 1 is 1.00 bits per heavy atom. The van der Waals surface area contributed by atoms with Gasteiger partial charge >= 0.3 is 0 Å². The van der Waals surface area contributed by atoms with E-state index < -0.39 is 5.91 Å². The van der Waals surface area contributed by atoms with E-state index in [0.717, 1.165) is 22.4 Å². The standard InChI is InChI=1S/C26H22Cl2N4O2/c1-16-3-5-18(6-4-16)15-34-21-10-7-19(8-11-21)24-14-25(31-30-24)26(33)32-29-17(2)20-9-12-22(27)23(28)13-20/h3-14H,15H2,1-2H3,(H,30,31)(H,32,33). The molecule has 0 bridgehead atoms.